The summed E-state index contributed by atoms with van der Waals surface area (Å²) in [4.78, 5) is 16.7. The molecule has 2 aromatic carbocycles. The molecule has 4 rings (SSSR count). The predicted octanol–water partition coefficient (Wildman–Crippen LogP) is 3.44. The van der Waals surface area contributed by atoms with Crippen molar-refractivity contribution in [3.05, 3.63) is 71.3 Å². The smallest absolute Gasteiger partial charge is 0.223 e. The summed E-state index contributed by atoms with van der Waals surface area (Å²) < 4.78 is 6.60. The largest absolute Gasteiger partial charge is 0.363 e. The van der Waals surface area contributed by atoms with Crippen LogP contribution in [0.5, 0.6) is 0 Å². The highest BCUT2D eigenvalue weighted by atomic mass is 16.5. The van der Waals surface area contributed by atoms with Gasteiger partial charge in [0.25, 0.3) is 0 Å². The highest BCUT2D eigenvalue weighted by Gasteiger charge is 2.40. The van der Waals surface area contributed by atoms with Crippen LogP contribution in [-0.2, 0) is 9.53 Å². The van der Waals surface area contributed by atoms with Crippen LogP contribution in [0.3, 0.4) is 0 Å². The van der Waals surface area contributed by atoms with Crippen LogP contribution in [0.25, 0.3) is 0 Å². The van der Waals surface area contributed by atoms with Crippen molar-refractivity contribution in [3.8, 4) is 0 Å². The van der Waals surface area contributed by atoms with Gasteiger partial charge < -0.3 is 14.5 Å². The number of hydrogen-bond donors (Lipinski definition) is 0. The van der Waals surface area contributed by atoms with Gasteiger partial charge in [-0.2, -0.15) is 0 Å². The molecule has 4 heteroatoms. The van der Waals surface area contributed by atoms with E-state index in [4.69, 9.17) is 4.74 Å². The zero-order chi connectivity index (χ0) is 18.8. The quantitative estimate of drug-likeness (QED) is 0.833. The van der Waals surface area contributed by atoms with E-state index in [2.05, 4.69) is 53.4 Å². The number of fused-ring (bicyclic) bond motifs is 3. The van der Waals surface area contributed by atoms with E-state index < -0.39 is 0 Å². The Hall–Kier alpha value is -2.17. The molecule has 2 aliphatic rings. The summed E-state index contributed by atoms with van der Waals surface area (Å²) in [6, 6.07) is 19.1. The normalized spacial score (nSPS) is 24.4. The van der Waals surface area contributed by atoms with Gasteiger partial charge in [-0.3, -0.25) is 4.79 Å². The topological polar surface area (TPSA) is 32.8 Å². The van der Waals surface area contributed by atoms with Gasteiger partial charge >= 0.3 is 0 Å². The third kappa shape index (κ3) is 3.78. The van der Waals surface area contributed by atoms with E-state index in [0.717, 1.165) is 19.5 Å². The molecule has 0 aromatic heterocycles. The van der Waals surface area contributed by atoms with Gasteiger partial charge in [0.1, 0.15) is 6.10 Å². The molecule has 0 N–H and O–H groups in total. The monoisotopic (exact) mass is 364 g/mol. The molecule has 1 saturated heterocycles. The van der Waals surface area contributed by atoms with Crippen LogP contribution in [-0.4, -0.2) is 55.5 Å². The van der Waals surface area contributed by atoms with Gasteiger partial charge in [-0.1, -0.05) is 54.6 Å². The molecular formula is C23H28N2O2. The second-order valence-electron chi connectivity index (χ2n) is 7.88. The van der Waals surface area contributed by atoms with Crippen LogP contribution in [0.4, 0.5) is 0 Å². The SMILES string of the molecule is CN(C)CCC(=O)N1CC[C@H]2c3ccccc3C(c3ccccc3)O[C@H]2C1. The summed E-state index contributed by atoms with van der Waals surface area (Å²) in [5.74, 6) is 0.611. The first-order chi connectivity index (χ1) is 13.1. The lowest BCUT2D eigenvalue weighted by Gasteiger charge is -2.45. The van der Waals surface area contributed by atoms with Gasteiger partial charge in [0.05, 0.1) is 6.10 Å². The minimum Gasteiger partial charge on any atom is -0.363 e. The maximum absolute atomic E-state index is 12.6. The fraction of sp³-hybridized carbons (Fsp3) is 0.435. The molecule has 0 bridgehead atoms. The number of carbonyl (C=O) groups excluding carboxylic acids is 1. The first-order valence-electron chi connectivity index (χ1n) is 9.85. The van der Waals surface area contributed by atoms with E-state index >= 15 is 0 Å². The molecule has 0 spiro atoms. The number of likely N-dealkylation sites (tertiary alicyclic amines) is 1. The summed E-state index contributed by atoms with van der Waals surface area (Å²) in [7, 11) is 4.01. The fourth-order valence-electron chi connectivity index (χ4n) is 4.34. The third-order valence-electron chi connectivity index (χ3n) is 5.78. The Balaban J connectivity index is 1.57. The van der Waals surface area contributed by atoms with Crippen LogP contribution < -0.4 is 0 Å². The molecule has 1 amide bonds. The molecule has 27 heavy (non-hydrogen) atoms. The van der Waals surface area contributed by atoms with Gasteiger partial charge in [-0.05, 0) is 37.2 Å². The lowest BCUT2D eigenvalue weighted by atomic mass is 9.79. The van der Waals surface area contributed by atoms with E-state index in [1.165, 1.54) is 16.7 Å². The molecule has 2 aliphatic heterocycles. The second kappa shape index (κ2) is 7.83. The highest BCUT2D eigenvalue weighted by molar-refractivity contribution is 5.76. The number of benzene rings is 2. The average Bonchev–Trinajstić information content (AvgIpc) is 2.71. The number of rotatable bonds is 4. The average molecular weight is 364 g/mol. The standard InChI is InChI=1S/C23H28N2O2/c1-24(2)14-13-22(26)25-15-12-19-18-10-6-7-11-20(18)23(27-21(19)16-25)17-8-4-3-5-9-17/h3-11,19,21,23H,12-16H2,1-2H3/t19-,21-,23?/m0/s1. The Labute approximate surface area is 161 Å². The van der Waals surface area contributed by atoms with E-state index in [9.17, 15) is 4.79 Å². The number of nitrogens with zero attached hydrogens (tertiary/aromatic N) is 2. The van der Waals surface area contributed by atoms with Crippen LogP contribution in [0.15, 0.2) is 54.6 Å². The molecule has 1 unspecified atom stereocenters. The molecule has 3 atom stereocenters. The second-order valence-corrected chi connectivity index (χ2v) is 7.88. The van der Waals surface area contributed by atoms with Gasteiger partial charge in [-0.15, -0.1) is 0 Å². The van der Waals surface area contributed by atoms with Gasteiger partial charge in [-0.25, -0.2) is 0 Å². The number of piperidine rings is 1. The fourth-order valence-corrected chi connectivity index (χ4v) is 4.34. The van der Waals surface area contributed by atoms with Crippen molar-refractivity contribution in [2.75, 3.05) is 33.7 Å². The van der Waals surface area contributed by atoms with E-state index in [1.807, 2.05) is 25.1 Å². The summed E-state index contributed by atoms with van der Waals surface area (Å²) in [6.45, 7) is 2.30. The zero-order valence-corrected chi connectivity index (χ0v) is 16.2. The number of hydrogen-bond acceptors (Lipinski definition) is 3. The maximum atomic E-state index is 12.6. The van der Waals surface area contributed by atoms with Crippen LogP contribution >= 0.6 is 0 Å². The lowest BCUT2D eigenvalue weighted by molar-refractivity contribution is -0.138. The van der Waals surface area contributed by atoms with Crippen molar-refractivity contribution in [2.45, 2.75) is 31.0 Å². The van der Waals surface area contributed by atoms with Crippen molar-refractivity contribution in [2.24, 2.45) is 0 Å². The molecule has 4 nitrogen and oxygen atoms in total. The molecule has 0 aliphatic carbocycles. The van der Waals surface area contributed by atoms with Crippen molar-refractivity contribution < 1.29 is 9.53 Å². The Kier molecular flexibility index (Phi) is 5.28. The Morgan fingerprint density at radius 3 is 2.52 bits per heavy atom. The highest BCUT2D eigenvalue weighted by Crippen LogP contribution is 2.44. The first-order valence-corrected chi connectivity index (χ1v) is 9.85. The van der Waals surface area contributed by atoms with Gasteiger partial charge in [0.2, 0.25) is 5.91 Å². The van der Waals surface area contributed by atoms with Crippen LogP contribution in [0.2, 0.25) is 0 Å². The van der Waals surface area contributed by atoms with Gasteiger partial charge in [0.15, 0.2) is 0 Å². The Morgan fingerprint density at radius 1 is 1.07 bits per heavy atom. The van der Waals surface area contributed by atoms with Crippen molar-refractivity contribution in [1.82, 2.24) is 9.80 Å². The molecule has 1 fully saturated rings. The summed E-state index contributed by atoms with van der Waals surface area (Å²) in [5.41, 5.74) is 3.85. The Morgan fingerprint density at radius 2 is 1.78 bits per heavy atom. The molecular weight excluding hydrogens is 336 g/mol. The van der Waals surface area contributed by atoms with E-state index in [1.54, 1.807) is 0 Å². The molecule has 0 radical (unpaired) electrons. The van der Waals surface area contributed by atoms with Gasteiger partial charge in [0, 0.05) is 32.0 Å². The van der Waals surface area contributed by atoms with Crippen molar-refractivity contribution in [3.63, 3.8) is 0 Å². The molecule has 2 aromatic rings. The zero-order valence-electron chi connectivity index (χ0n) is 16.2. The molecule has 2 heterocycles. The number of carbonyl (C=O) groups is 1. The van der Waals surface area contributed by atoms with Crippen LogP contribution in [0.1, 0.15) is 41.6 Å². The minimum absolute atomic E-state index is 0.0551. The lowest BCUT2D eigenvalue weighted by Crippen LogP contribution is -2.49. The summed E-state index contributed by atoms with van der Waals surface area (Å²) in [5, 5.41) is 0. The molecule has 0 saturated carbocycles. The minimum atomic E-state index is -0.0551. The Bertz CT molecular complexity index is 790. The number of ether oxygens (including phenoxy) is 1. The summed E-state index contributed by atoms with van der Waals surface area (Å²) >= 11 is 0. The maximum Gasteiger partial charge on any atom is 0.223 e. The first kappa shape index (κ1) is 18.2. The molecule has 142 valence electrons. The van der Waals surface area contributed by atoms with Crippen LogP contribution in [0, 0.1) is 0 Å². The van der Waals surface area contributed by atoms with Crippen molar-refractivity contribution >= 4 is 5.91 Å². The van der Waals surface area contributed by atoms with E-state index in [0.29, 0.717) is 18.9 Å². The predicted molar refractivity (Wildman–Crippen MR) is 107 cm³/mol. The summed E-state index contributed by atoms with van der Waals surface area (Å²) in [6.07, 6.45) is 1.54. The van der Waals surface area contributed by atoms with Crippen molar-refractivity contribution in [1.29, 1.82) is 0 Å². The number of amides is 1. The van der Waals surface area contributed by atoms with E-state index in [-0.39, 0.29) is 18.1 Å². The third-order valence-corrected chi connectivity index (χ3v) is 5.78.